The van der Waals surface area contributed by atoms with Crippen LogP contribution in [0.2, 0.25) is 5.02 Å². The second kappa shape index (κ2) is 8.88. The van der Waals surface area contributed by atoms with Gasteiger partial charge in [-0.2, -0.15) is 0 Å². The summed E-state index contributed by atoms with van der Waals surface area (Å²) in [5, 5.41) is 5.92. The zero-order valence-electron chi connectivity index (χ0n) is 14.9. The third kappa shape index (κ3) is 6.92. The maximum absolute atomic E-state index is 12.6. The first-order chi connectivity index (χ1) is 12.6. The van der Waals surface area contributed by atoms with Crippen molar-refractivity contribution in [2.24, 2.45) is 0 Å². The second-order valence-corrected chi connectivity index (χ2v) is 8.14. The van der Waals surface area contributed by atoms with Crippen molar-refractivity contribution < 1.29 is 18.0 Å². The smallest absolute Gasteiger partial charge is 0.253 e. The van der Waals surface area contributed by atoms with Crippen LogP contribution in [0, 0.1) is 0 Å². The molecule has 0 saturated carbocycles. The van der Waals surface area contributed by atoms with Crippen molar-refractivity contribution in [2.75, 3.05) is 22.8 Å². The molecule has 0 unspecified atom stereocenters. The predicted octanol–water partition coefficient (Wildman–Crippen LogP) is 2.64. The van der Waals surface area contributed by atoms with E-state index < -0.39 is 15.9 Å². The average Bonchev–Trinajstić information content (AvgIpc) is 2.54. The molecule has 3 N–H and O–H groups in total. The van der Waals surface area contributed by atoms with Gasteiger partial charge in [0.1, 0.15) is 0 Å². The van der Waals surface area contributed by atoms with Gasteiger partial charge in [-0.3, -0.25) is 14.3 Å². The lowest BCUT2D eigenvalue weighted by Crippen LogP contribution is -2.27. The zero-order chi connectivity index (χ0) is 20.0. The highest BCUT2D eigenvalue weighted by molar-refractivity contribution is 7.92. The van der Waals surface area contributed by atoms with E-state index in [1.54, 1.807) is 6.07 Å². The van der Waals surface area contributed by atoms with Gasteiger partial charge in [0.05, 0.1) is 17.5 Å². The van der Waals surface area contributed by atoms with Crippen LogP contribution < -0.4 is 15.4 Å². The molecule has 2 amide bonds. The van der Waals surface area contributed by atoms with Crippen molar-refractivity contribution in [3.8, 4) is 0 Å². The third-order valence-corrected chi connectivity index (χ3v) is 4.29. The zero-order valence-corrected chi connectivity index (χ0v) is 16.4. The Morgan fingerprint density at radius 1 is 1.11 bits per heavy atom. The largest absolute Gasteiger partial charge is 0.352 e. The number of benzene rings is 2. The lowest BCUT2D eigenvalue weighted by molar-refractivity contribution is -0.114. The highest BCUT2D eigenvalue weighted by Crippen LogP contribution is 2.22. The minimum absolute atomic E-state index is 0.109. The number of halogens is 1. The Kier molecular flexibility index (Phi) is 6.81. The summed E-state index contributed by atoms with van der Waals surface area (Å²) in [6.07, 6.45) is 1.56. The number of nitrogens with one attached hydrogen (secondary N) is 3. The van der Waals surface area contributed by atoms with Crippen LogP contribution in [-0.4, -0.2) is 33.0 Å². The molecule has 0 radical (unpaired) electrons. The van der Waals surface area contributed by atoms with Gasteiger partial charge in [-0.1, -0.05) is 23.7 Å². The quantitative estimate of drug-likeness (QED) is 0.653. The minimum Gasteiger partial charge on any atom is -0.352 e. The van der Waals surface area contributed by atoms with Crippen LogP contribution in [0.4, 0.5) is 11.4 Å². The average molecular weight is 410 g/mol. The van der Waals surface area contributed by atoms with Crippen molar-refractivity contribution >= 4 is 44.8 Å². The van der Waals surface area contributed by atoms with Crippen LogP contribution >= 0.6 is 11.6 Å². The fraction of sp³-hybridized carbons (Fsp3) is 0.222. The topological polar surface area (TPSA) is 104 Å². The van der Waals surface area contributed by atoms with Crippen LogP contribution in [0.3, 0.4) is 0 Å². The highest BCUT2D eigenvalue weighted by Gasteiger charge is 2.15. The fourth-order valence-corrected chi connectivity index (χ4v) is 3.20. The fourth-order valence-electron chi connectivity index (χ4n) is 2.41. The maximum atomic E-state index is 12.6. The van der Waals surface area contributed by atoms with E-state index in [2.05, 4.69) is 15.4 Å². The Bertz CT molecular complexity index is 961. The molecular formula is C18H20ClN3O4S. The van der Waals surface area contributed by atoms with Crippen molar-refractivity contribution in [2.45, 2.75) is 13.3 Å². The molecule has 144 valence electrons. The first-order valence-electron chi connectivity index (χ1n) is 8.06. The van der Waals surface area contributed by atoms with E-state index in [1.807, 2.05) is 18.2 Å². The summed E-state index contributed by atoms with van der Waals surface area (Å²) in [7, 11) is -3.57. The highest BCUT2D eigenvalue weighted by atomic mass is 35.5. The Morgan fingerprint density at radius 3 is 2.48 bits per heavy atom. The number of anilines is 2. The van der Waals surface area contributed by atoms with Gasteiger partial charge in [0.25, 0.3) is 5.91 Å². The van der Waals surface area contributed by atoms with E-state index in [0.29, 0.717) is 23.7 Å². The van der Waals surface area contributed by atoms with E-state index in [0.717, 1.165) is 11.8 Å². The number of carbonyl (C=O) groups is 2. The van der Waals surface area contributed by atoms with Crippen molar-refractivity contribution in [3.63, 3.8) is 0 Å². The lowest BCUT2D eigenvalue weighted by atomic mass is 10.1. The molecule has 0 aliphatic heterocycles. The number of sulfonamides is 1. The predicted molar refractivity (Wildman–Crippen MR) is 107 cm³/mol. The first-order valence-corrected chi connectivity index (χ1v) is 10.3. The van der Waals surface area contributed by atoms with Gasteiger partial charge in [-0.05, 0) is 42.3 Å². The van der Waals surface area contributed by atoms with Crippen LogP contribution in [0.25, 0.3) is 0 Å². The van der Waals surface area contributed by atoms with Crippen molar-refractivity contribution in [1.82, 2.24) is 5.32 Å². The standard InChI is InChI=1S/C18H20ClN3O4S/c1-12(23)21-15-6-7-17(22-27(2,25)26)16(11-15)18(24)20-9-8-13-4-3-5-14(19)10-13/h3-7,10-11,22H,8-9H2,1-2H3,(H,20,24)(H,21,23). The Morgan fingerprint density at radius 2 is 1.85 bits per heavy atom. The molecule has 0 saturated heterocycles. The van der Waals surface area contributed by atoms with E-state index in [-0.39, 0.29) is 17.2 Å². The molecule has 0 atom stereocenters. The Hall–Kier alpha value is -2.58. The van der Waals surface area contributed by atoms with E-state index in [1.165, 1.54) is 25.1 Å². The molecule has 0 fully saturated rings. The number of hydrogen-bond donors (Lipinski definition) is 3. The summed E-state index contributed by atoms with van der Waals surface area (Å²) in [5.41, 5.74) is 1.59. The number of rotatable bonds is 7. The molecule has 0 aliphatic rings. The molecular weight excluding hydrogens is 390 g/mol. The van der Waals surface area contributed by atoms with Crippen LogP contribution in [0.15, 0.2) is 42.5 Å². The molecule has 9 heteroatoms. The number of amides is 2. The molecule has 0 spiro atoms. The van der Waals surface area contributed by atoms with Crippen LogP contribution in [0.1, 0.15) is 22.8 Å². The first kappa shape index (κ1) is 20.7. The van der Waals surface area contributed by atoms with Crippen LogP contribution in [0.5, 0.6) is 0 Å². The Labute approximate surface area is 163 Å². The normalized spacial score (nSPS) is 10.9. The van der Waals surface area contributed by atoms with E-state index >= 15 is 0 Å². The summed E-state index contributed by atoms with van der Waals surface area (Å²) in [4.78, 5) is 23.8. The van der Waals surface area contributed by atoms with E-state index in [4.69, 9.17) is 11.6 Å². The van der Waals surface area contributed by atoms with Gasteiger partial charge in [0, 0.05) is 24.2 Å². The summed E-state index contributed by atoms with van der Waals surface area (Å²) in [6, 6.07) is 11.7. The molecule has 0 bridgehead atoms. The van der Waals surface area contributed by atoms with Gasteiger partial charge >= 0.3 is 0 Å². The Balaban J connectivity index is 2.16. The van der Waals surface area contributed by atoms with Gasteiger partial charge in [0.2, 0.25) is 15.9 Å². The minimum atomic E-state index is -3.57. The molecule has 0 aromatic heterocycles. The van der Waals surface area contributed by atoms with Gasteiger partial charge in [-0.25, -0.2) is 8.42 Å². The summed E-state index contributed by atoms with van der Waals surface area (Å²) < 4.78 is 25.4. The summed E-state index contributed by atoms with van der Waals surface area (Å²) >= 11 is 5.94. The van der Waals surface area contributed by atoms with Crippen molar-refractivity contribution in [3.05, 3.63) is 58.6 Å². The van der Waals surface area contributed by atoms with E-state index in [9.17, 15) is 18.0 Å². The van der Waals surface area contributed by atoms with Gasteiger partial charge < -0.3 is 10.6 Å². The summed E-state index contributed by atoms with van der Waals surface area (Å²) in [6.45, 7) is 1.68. The number of carbonyl (C=O) groups excluding carboxylic acids is 2. The monoisotopic (exact) mass is 409 g/mol. The number of hydrogen-bond acceptors (Lipinski definition) is 4. The second-order valence-electron chi connectivity index (χ2n) is 5.95. The lowest BCUT2D eigenvalue weighted by Gasteiger charge is -2.13. The van der Waals surface area contributed by atoms with Gasteiger partial charge in [0.15, 0.2) is 0 Å². The molecule has 2 aromatic carbocycles. The molecule has 2 aromatic rings. The third-order valence-electron chi connectivity index (χ3n) is 3.47. The van der Waals surface area contributed by atoms with Crippen molar-refractivity contribution in [1.29, 1.82) is 0 Å². The maximum Gasteiger partial charge on any atom is 0.253 e. The molecule has 7 nitrogen and oxygen atoms in total. The molecule has 27 heavy (non-hydrogen) atoms. The molecule has 2 rings (SSSR count). The molecule has 0 heterocycles. The SMILES string of the molecule is CC(=O)Nc1ccc(NS(C)(=O)=O)c(C(=O)NCCc2cccc(Cl)c2)c1. The summed E-state index contributed by atoms with van der Waals surface area (Å²) in [5.74, 6) is -0.762. The molecule has 0 aliphatic carbocycles. The van der Waals surface area contributed by atoms with Gasteiger partial charge in [-0.15, -0.1) is 0 Å². The van der Waals surface area contributed by atoms with Crippen LogP contribution in [-0.2, 0) is 21.2 Å².